The second-order valence-corrected chi connectivity index (χ2v) is 6.48. The van der Waals surface area contributed by atoms with Crippen LogP contribution in [-0.4, -0.2) is 23.1 Å². The van der Waals surface area contributed by atoms with Crippen LogP contribution in [0.5, 0.6) is 5.75 Å². The fourth-order valence-corrected chi connectivity index (χ4v) is 3.43. The Kier molecular flexibility index (Phi) is 3.59. The van der Waals surface area contributed by atoms with Gasteiger partial charge in [-0.3, -0.25) is 4.79 Å². The Bertz CT molecular complexity index is 1070. The maximum absolute atomic E-state index is 14.0. The molecule has 0 fully saturated rings. The van der Waals surface area contributed by atoms with Gasteiger partial charge in [-0.15, -0.1) is 16.4 Å². The monoisotopic (exact) mass is 363 g/mol. The summed E-state index contributed by atoms with van der Waals surface area (Å²) >= 11 is 1.13. The Morgan fingerprint density at radius 2 is 2.24 bits per heavy atom. The van der Waals surface area contributed by atoms with Crippen LogP contribution in [0.3, 0.4) is 0 Å². The number of nitrogen functional groups attached to an aromatic ring is 1. The first kappa shape index (κ1) is 13.5. The van der Waals surface area contributed by atoms with E-state index in [1.807, 2.05) is 13.8 Å². The minimum absolute atomic E-state index is 0.0289. The third-order valence-electron chi connectivity index (χ3n) is 3.90. The van der Waals surface area contributed by atoms with Gasteiger partial charge in [-0.05, 0) is 37.1 Å². The van der Waals surface area contributed by atoms with E-state index in [9.17, 15) is 9.18 Å². The van der Waals surface area contributed by atoms with Crippen LogP contribution in [0.2, 0.25) is 0 Å². The number of fused-ring (bicyclic) bond motifs is 1. The number of aryl methyl sites for hydroxylation is 2. The molecule has 1 amide bonds. The lowest BCUT2D eigenvalue weighted by molar-refractivity contribution is 0.0956. The molecule has 0 aliphatic rings. The lowest BCUT2D eigenvalue weighted by Gasteiger charge is -2.07. The number of carbonyl (C=O) groups excluding carboxylic acids is 1. The summed E-state index contributed by atoms with van der Waals surface area (Å²) in [7, 11) is -2.74. The maximum atomic E-state index is 14.0. The molecule has 130 valence electrons. The summed E-state index contributed by atoms with van der Waals surface area (Å²) in [6.45, 7) is 3.71. The topological polar surface area (TPSA) is 90.1 Å². The normalized spacial score (nSPS) is 13.2. The molecule has 3 rings (SSSR count). The van der Waals surface area contributed by atoms with Crippen molar-refractivity contribution in [3.63, 3.8) is 0 Å². The smallest absolute Gasteiger partial charge is 0.263 e. The van der Waals surface area contributed by atoms with E-state index in [1.165, 1.54) is 12.1 Å². The average Bonchev–Trinajstić information content (AvgIpc) is 2.94. The van der Waals surface area contributed by atoms with Gasteiger partial charge in [0.25, 0.3) is 5.91 Å². The second kappa shape index (κ2) is 6.64. The first-order valence-electron chi connectivity index (χ1n) is 8.84. The molecule has 2 heterocycles. The molecule has 0 saturated heterocycles. The van der Waals surface area contributed by atoms with Gasteiger partial charge in [-0.1, -0.05) is 6.07 Å². The van der Waals surface area contributed by atoms with Crippen LogP contribution in [0.4, 0.5) is 10.1 Å². The van der Waals surface area contributed by atoms with E-state index in [2.05, 4.69) is 20.3 Å². The number of amides is 1. The highest BCUT2D eigenvalue weighted by Crippen LogP contribution is 2.34. The standard InChI is InChI=1S/C17H17FN4O2S/c1-8-9(2)21-22-17-13(8)14(19)15(25-17)16(23)20-7-10-4-5-12(24-3)11(18)6-10/h4-6H,7,19H2,1-3H3,(H,20,23)/i3D3. The molecule has 8 heteroatoms. The summed E-state index contributed by atoms with van der Waals surface area (Å²) < 4.78 is 39.6. The van der Waals surface area contributed by atoms with Crippen molar-refractivity contribution >= 4 is 33.1 Å². The first-order valence-corrected chi connectivity index (χ1v) is 8.16. The number of methoxy groups -OCH3 is 1. The van der Waals surface area contributed by atoms with Crippen molar-refractivity contribution in [2.75, 3.05) is 12.8 Å². The van der Waals surface area contributed by atoms with E-state index in [0.29, 0.717) is 26.3 Å². The molecule has 1 aromatic carbocycles. The molecule has 0 aliphatic heterocycles. The van der Waals surface area contributed by atoms with E-state index < -0.39 is 18.8 Å². The molecule has 25 heavy (non-hydrogen) atoms. The fourth-order valence-electron chi connectivity index (χ4n) is 2.41. The van der Waals surface area contributed by atoms with E-state index in [1.54, 1.807) is 0 Å². The van der Waals surface area contributed by atoms with E-state index in [0.717, 1.165) is 28.7 Å². The third kappa shape index (κ3) is 3.12. The zero-order valence-corrected chi connectivity index (χ0v) is 14.3. The lowest BCUT2D eigenvalue weighted by Crippen LogP contribution is -2.22. The van der Waals surface area contributed by atoms with E-state index >= 15 is 0 Å². The Morgan fingerprint density at radius 1 is 1.44 bits per heavy atom. The molecule has 0 aliphatic carbocycles. The number of thiophene rings is 1. The summed E-state index contributed by atoms with van der Waals surface area (Å²) in [5, 5.41) is 11.5. The molecule has 0 bridgehead atoms. The number of hydrogen-bond acceptors (Lipinski definition) is 6. The molecule has 3 N–H and O–H groups in total. The van der Waals surface area contributed by atoms with Crippen LogP contribution in [0.25, 0.3) is 10.2 Å². The van der Waals surface area contributed by atoms with Crippen molar-refractivity contribution in [1.29, 1.82) is 0 Å². The highest BCUT2D eigenvalue weighted by molar-refractivity contribution is 7.21. The van der Waals surface area contributed by atoms with Gasteiger partial charge < -0.3 is 15.8 Å². The van der Waals surface area contributed by atoms with Crippen LogP contribution in [0, 0.1) is 19.7 Å². The molecule has 0 saturated carbocycles. The summed E-state index contributed by atoms with van der Waals surface area (Å²) in [5.41, 5.74) is 8.51. The maximum Gasteiger partial charge on any atom is 0.263 e. The van der Waals surface area contributed by atoms with Crippen LogP contribution < -0.4 is 15.8 Å². The number of ether oxygens (including phenoxy) is 1. The van der Waals surface area contributed by atoms with Gasteiger partial charge in [-0.2, -0.15) is 5.10 Å². The predicted octanol–water partition coefficient (Wildman–Crippen LogP) is 2.97. The van der Waals surface area contributed by atoms with E-state index in [4.69, 9.17) is 9.85 Å². The Labute approximate surface area is 152 Å². The van der Waals surface area contributed by atoms with Gasteiger partial charge in [0, 0.05) is 11.9 Å². The van der Waals surface area contributed by atoms with Gasteiger partial charge in [0.05, 0.1) is 22.5 Å². The van der Waals surface area contributed by atoms with E-state index in [-0.39, 0.29) is 12.3 Å². The molecule has 6 nitrogen and oxygen atoms in total. The molecule has 3 aromatic rings. The molecule has 0 spiro atoms. The average molecular weight is 363 g/mol. The number of anilines is 1. The largest absolute Gasteiger partial charge is 0.494 e. The van der Waals surface area contributed by atoms with Crippen molar-refractivity contribution in [2.45, 2.75) is 20.4 Å². The van der Waals surface area contributed by atoms with Gasteiger partial charge in [0.2, 0.25) is 0 Å². The van der Waals surface area contributed by atoms with Gasteiger partial charge in [0.15, 0.2) is 11.6 Å². The number of rotatable bonds is 4. The zero-order valence-electron chi connectivity index (χ0n) is 16.5. The quantitative estimate of drug-likeness (QED) is 0.744. The van der Waals surface area contributed by atoms with Gasteiger partial charge >= 0.3 is 0 Å². The Balaban J connectivity index is 1.76. The minimum Gasteiger partial charge on any atom is -0.494 e. The number of benzene rings is 1. The van der Waals surface area contributed by atoms with Crippen molar-refractivity contribution < 1.29 is 18.0 Å². The Hall–Kier alpha value is -2.74. The van der Waals surface area contributed by atoms with Crippen LogP contribution >= 0.6 is 11.3 Å². The highest BCUT2D eigenvalue weighted by Gasteiger charge is 2.19. The van der Waals surface area contributed by atoms with Gasteiger partial charge in [0.1, 0.15) is 9.71 Å². The number of nitrogens with one attached hydrogen (secondary N) is 1. The molecular formula is C17H17FN4O2S. The van der Waals surface area contributed by atoms with Gasteiger partial charge in [-0.25, -0.2) is 4.39 Å². The number of hydrogen-bond donors (Lipinski definition) is 2. The van der Waals surface area contributed by atoms with Crippen molar-refractivity contribution in [3.8, 4) is 5.75 Å². The van der Waals surface area contributed by atoms with Crippen molar-refractivity contribution in [2.24, 2.45) is 0 Å². The minimum atomic E-state index is -2.74. The predicted molar refractivity (Wildman–Crippen MR) is 95.4 cm³/mol. The number of aromatic nitrogens is 2. The van der Waals surface area contributed by atoms with Crippen molar-refractivity contribution in [3.05, 3.63) is 45.7 Å². The first-order chi connectivity index (χ1) is 13.1. The summed E-state index contributed by atoms with van der Waals surface area (Å²) in [5.74, 6) is -1.63. The number of nitrogens with zero attached hydrogens (tertiary/aromatic N) is 2. The van der Waals surface area contributed by atoms with Crippen LogP contribution in [-0.2, 0) is 6.54 Å². The number of nitrogens with two attached hydrogens (primary N) is 1. The fraction of sp³-hybridized carbons (Fsp3) is 0.235. The second-order valence-electron chi connectivity index (χ2n) is 5.48. The zero-order chi connectivity index (χ0) is 20.6. The molecule has 0 atom stereocenters. The SMILES string of the molecule is [2H]C([2H])([2H])Oc1ccc(CNC(=O)c2sc3nnc(C)c(C)c3c2N)cc1F. The number of halogens is 1. The Morgan fingerprint density at radius 3 is 2.96 bits per heavy atom. The third-order valence-corrected chi connectivity index (χ3v) is 4.99. The molecule has 0 unspecified atom stereocenters. The summed E-state index contributed by atoms with van der Waals surface area (Å²) in [4.78, 5) is 13.4. The van der Waals surface area contributed by atoms with Crippen LogP contribution in [0.15, 0.2) is 18.2 Å². The summed E-state index contributed by atoms with van der Waals surface area (Å²) in [6, 6.07) is 3.78. The van der Waals surface area contributed by atoms with Crippen molar-refractivity contribution in [1.82, 2.24) is 15.5 Å². The number of carbonyl (C=O) groups is 1. The molecule has 0 radical (unpaired) electrons. The molecule has 2 aromatic heterocycles. The summed E-state index contributed by atoms with van der Waals surface area (Å²) in [6.07, 6.45) is 0. The highest BCUT2D eigenvalue weighted by atomic mass is 32.1. The lowest BCUT2D eigenvalue weighted by atomic mass is 10.1. The molecular weight excluding hydrogens is 343 g/mol. The van der Waals surface area contributed by atoms with Crippen LogP contribution in [0.1, 0.15) is 30.6 Å².